The van der Waals surface area contributed by atoms with Crippen LogP contribution in [0.1, 0.15) is 44.2 Å². The molecule has 0 bridgehead atoms. The minimum atomic E-state index is -0.490. The van der Waals surface area contributed by atoms with Crippen molar-refractivity contribution in [3.63, 3.8) is 0 Å². The summed E-state index contributed by atoms with van der Waals surface area (Å²) in [5, 5.41) is 2.89. The summed E-state index contributed by atoms with van der Waals surface area (Å²) in [5.41, 5.74) is 3.36. The molecule has 8 nitrogen and oxygen atoms in total. The standard InChI is InChI=1S/C33H36FN5O3S/c1-3-35-33(41)39-13-12-38(19-21(39)2)20-24-6-8-27(37-18-24)31-17-28-32(43-31)30(10-11-36-28)42-29-9-7-23(16-26(29)34)15-25(40)14-22-4-5-22/h6-11,16-18,21-22H,3-5,12-15,19-20H2,1-2H3,(H,35,41)/t21-/m0/s1. The predicted molar refractivity (Wildman–Crippen MR) is 166 cm³/mol. The summed E-state index contributed by atoms with van der Waals surface area (Å²) in [5.74, 6) is 0.829. The van der Waals surface area contributed by atoms with Crippen molar-refractivity contribution in [2.24, 2.45) is 5.92 Å². The number of benzene rings is 1. The normalized spacial score (nSPS) is 17.3. The molecule has 2 aliphatic rings. The molecule has 0 radical (unpaired) electrons. The summed E-state index contributed by atoms with van der Waals surface area (Å²) >= 11 is 1.50. The molecule has 1 saturated heterocycles. The number of ketones is 1. The van der Waals surface area contributed by atoms with Crippen LogP contribution in [0.5, 0.6) is 11.5 Å². The average Bonchev–Trinajstić information content (AvgIpc) is 3.68. The number of nitrogens with zero attached hydrogens (tertiary/aromatic N) is 4. The maximum atomic E-state index is 15.0. The van der Waals surface area contributed by atoms with Crippen LogP contribution in [0.3, 0.4) is 0 Å². The van der Waals surface area contributed by atoms with Gasteiger partial charge in [0.05, 0.1) is 20.8 Å². The second kappa shape index (κ2) is 12.8. The lowest BCUT2D eigenvalue weighted by Crippen LogP contribution is -2.56. The fourth-order valence-corrected chi connectivity index (χ4v) is 6.62. The minimum Gasteiger partial charge on any atom is -0.453 e. The highest BCUT2D eigenvalue weighted by Gasteiger charge is 2.27. The van der Waals surface area contributed by atoms with E-state index in [1.807, 2.05) is 30.2 Å². The number of pyridine rings is 2. The number of hydrogen-bond donors (Lipinski definition) is 1. The summed E-state index contributed by atoms with van der Waals surface area (Å²) < 4.78 is 21.8. The second-order valence-electron chi connectivity index (χ2n) is 11.5. The number of carbonyl (C=O) groups excluding carboxylic acids is 2. The quantitative estimate of drug-likeness (QED) is 0.225. The van der Waals surface area contributed by atoms with E-state index >= 15 is 0 Å². The monoisotopic (exact) mass is 601 g/mol. The smallest absolute Gasteiger partial charge is 0.317 e. The molecule has 43 heavy (non-hydrogen) atoms. The first-order valence-corrected chi connectivity index (χ1v) is 15.8. The molecule has 0 unspecified atom stereocenters. The van der Waals surface area contributed by atoms with E-state index in [1.165, 1.54) is 17.4 Å². The van der Waals surface area contributed by atoms with E-state index in [0.717, 1.165) is 58.8 Å². The molecule has 1 aliphatic carbocycles. The highest BCUT2D eigenvalue weighted by atomic mass is 32.1. The Morgan fingerprint density at radius 3 is 2.63 bits per heavy atom. The summed E-state index contributed by atoms with van der Waals surface area (Å²) in [7, 11) is 0. The maximum absolute atomic E-state index is 15.0. The van der Waals surface area contributed by atoms with Crippen LogP contribution in [-0.4, -0.2) is 63.8 Å². The van der Waals surface area contributed by atoms with Gasteiger partial charge in [0.15, 0.2) is 11.6 Å². The maximum Gasteiger partial charge on any atom is 0.317 e. The summed E-state index contributed by atoms with van der Waals surface area (Å²) in [6.45, 7) is 7.74. The molecule has 4 heterocycles. The van der Waals surface area contributed by atoms with Crippen LogP contribution >= 0.6 is 11.3 Å². The van der Waals surface area contributed by atoms with Crippen LogP contribution < -0.4 is 10.1 Å². The zero-order chi connectivity index (χ0) is 29.9. The second-order valence-corrected chi connectivity index (χ2v) is 12.6. The number of fused-ring (bicyclic) bond motifs is 1. The Balaban J connectivity index is 1.11. The number of ether oxygens (including phenoxy) is 1. The van der Waals surface area contributed by atoms with Gasteiger partial charge in [0.25, 0.3) is 0 Å². The van der Waals surface area contributed by atoms with Gasteiger partial charge in [0, 0.05) is 70.1 Å². The molecule has 10 heteroatoms. The first kappa shape index (κ1) is 29.2. The predicted octanol–water partition coefficient (Wildman–Crippen LogP) is 6.44. The zero-order valence-corrected chi connectivity index (χ0v) is 25.3. The van der Waals surface area contributed by atoms with Gasteiger partial charge in [-0.3, -0.25) is 19.7 Å². The number of piperazine rings is 1. The first-order chi connectivity index (χ1) is 20.9. The van der Waals surface area contributed by atoms with E-state index in [1.54, 1.807) is 24.4 Å². The van der Waals surface area contributed by atoms with E-state index < -0.39 is 5.82 Å². The number of halogens is 1. The van der Waals surface area contributed by atoms with Crippen LogP contribution in [0.15, 0.2) is 54.9 Å². The molecule has 1 N–H and O–H groups in total. The van der Waals surface area contributed by atoms with Gasteiger partial charge in [-0.1, -0.05) is 12.1 Å². The van der Waals surface area contributed by atoms with Gasteiger partial charge in [-0.2, -0.15) is 0 Å². The Bertz CT molecular complexity index is 1620. The van der Waals surface area contributed by atoms with E-state index in [0.29, 0.717) is 36.7 Å². The lowest BCUT2D eigenvalue weighted by atomic mass is 10.0. The van der Waals surface area contributed by atoms with Gasteiger partial charge in [-0.25, -0.2) is 9.18 Å². The van der Waals surface area contributed by atoms with Crippen molar-refractivity contribution in [2.75, 3.05) is 26.2 Å². The number of carbonyl (C=O) groups is 2. The largest absolute Gasteiger partial charge is 0.453 e. The number of Topliss-reactive ketones (excluding diaryl/α,β-unsaturated/α-hetero) is 1. The van der Waals surface area contributed by atoms with Gasteiger partial charge < -0.3 is 15.0 Å². The first-order valence-electron chi connectivity index (χ1n) is 14.9. The van der Waals surface area contributed by atoms with Crippen molar-refractivity contribution in [3.8, 4) is 22.1 Å². The SMILES string of the molecule is CCNC(=O)N1CCN(Cc2ccc(-c3cc4nccc(Oc5ccc(CC(=O)CC6CC6)cc5F)c4s3)nc2)C[C@@H]1C. The van der Waals surface area contributed by atoms with Crippen LogP contribution in [0.4, 0.5) is 9.18 Å². The van der Waals surface area contributed by atoms with Gasteiger partial charge in [0.1, 0.15) is 11.5 Å². The van der Waals surface area contributed by atoms with Crippen molar-refractivity contribution in [1.29, 1.82) is 0 Å². The lowest BCUT2D eigenvalue weighted by Gasteiger charge is -2.39. The van der Waals surface area contributed by atoms with Gasteiger partial charge in [0.2, 0.25) is 0 Å². The summed E-state index contributed by atoms with van der Waals surface area (Å²) in [4.78, 5) is 38.9. The van der Waals surface area contributed by atoms with E-state index in [2.05, 4.69) is 28.2 Å². The molecular weight excluding hydrogens is 565 g/mol. The van der Waals surface area contributed by atoms with Gasteiger partial charge in [-0.15, -0.1) is 11.3 Å². The third-order valence-corrected chi connectivity index (χ3v) is 9.15. The summed E-state index contributed by atoms with van der Waals surface area (Å²) in [6, 6.07) is 12.7. The Morgan fingerprint density at radius 1 is 1.07 bits per heavy atom. The molecule has 1 saturated carbocycles. The van der Waals surface area contributed by atoms with E-state index in [-0.39, 0.29) is 30.0 Å². The molecule has 1 aliphatic heterocycles. The highest BCUT2D eigenvalue weighted by Crippen LogP contribution is 2.39. The molecular formula is C33H36FN5O3S. The van der Waals surface area contributed by atoms with Crippen LogP contribution in [0.25, 0.3) is 20.8 Å². The molecule has 6 rings (SSSR count). The highest BCUT2D eigenvalue weighted by molar-refractivity contribution is 7.22. The van der Waals surface area contributed by atoms with Gasteiger partial charge in [-0.05, 0) is 68.0 Å². The molecule has 2 fully saturated rings. The van der Waals surface area contributed by atoms with Crippen molar-refractivity contribution in [2.45, 2.75) is 52.1 Å². The Kier molecular flexibility index (Phi) is 8.67. The number of thiophene rings is 1. The third kappa shape index (κ3) is 7.02. The molecule has 1 aromatic carbocycles. The van der Waals surface area contributed by atoms with Gasteiger partial charge >= 0.3 is 6.03 Å². The summed E-state index contributed by atoms with van der Waals surface area (Å²) in [6.07, 6.45) is 6.64. The fourth-order valence-electron chi connectivity index (χ4n) is 5.57. The van der Waals surface area contributed by atoms with Crippen molar-refractivity contribution in [1.82, 2.24) is 25.1 Å². The molecule has 0 spiro atoms. The van der Waals surface area contributed by atoms with Crippen LogP contribution in [0, 0.1) is 11.7 Å². The zero-order valence-electron chi connectivity index (χ0n) is 24.5. The Hall–Kier alpha value is -3.89. The van der Waals surface area contributed by atoms with Crippen LogP contribution in [-0.2, 0) is 17.8 Å². The van der Waals surface area contributed by atoms with E-state index in [9.17, 15) is 14.0 Å². The molecule has 224 valence electrons. The number of amides is 2. The Labute approximate surface area is 254 Å². The molecule has 4 aromatic rings. The third-order valence-electron chi connectivity index (χ3n) is 7.99. The number of hydrogen-bond acceptors (Lipinski definition) is 7. The molecule has 2 amide bonds. The minimum absolute atomic E-state index is 0.00202. The fraction of sp³-hybridized carbons (Fsp3) is 0.394. The van der Waals surface area contributed by atoms with Crippen molar-refractivity contribution < 1.29 is 18.7 Å². The number of nitrogens with one attached hydrogen (secondary N) is 1. The van der Waals surface area contributed by atoms with Crippen molar-refractivity contribution >= 4 is 33.4 Å². The average molecular weight is 602 g/mol. The lowest BCUT2D eigenvalue weighted by molar-refractivity contribution is -0.118. The van der Waals surface area contributed by atoms with Crippen LogP contribution in [0.2, 0.25) is 0 Å². The number of aromatic nitrogens is 2. The van der Waals surface area contributed by atoms with Crippen molar-refractivity contribution in [3.05, 3.63) is 71.8 Å². The Morgan fingerprint density at radius 2 is 1.91 bits per heavy atom. The molecule has 3 aromatic heterocycles. The topological polar surface area (TPSA) is 87.7 Å². The number of rotatable bonds is 10. The molecule has 1 atom stereocenters. The number of urea groups is 1. The van der Waals surface area contributed by atoms with E-state index in [4.69, 9.17) is 9.72 Å².